The quantitative estimate of drug-likeness (QED) is 0.624. The standard InChI is InChI=1S/C25H26N2O3/c1-29-19-12-10-17(11-13-19)14-18(26)15-27-25(28)30-16-24-22-8-4-2-6-20(22)21-7-3-5-9-23(21)24/h2-13,18,24H,14-16,26H2,1H3,(H,27,28)/t18-/m1/s1. The lowest BCUT2D eigenvalue weighted by molar-refractivity contribution is 0.142. The molecule has 0 spiro atoms. The van der Waals surface area contributed by atoms with Crippen LogP contribution in [0.1, 0.15) is 22.6 Å². The fourth-order valence-corrected chi connectivity index (χ4v) is 4.00. The van der Waals surface area contributed by atoms with Gasteiger partial charge in [0.15, 0.2) is 0 Å². The Balaban J connectivity index is 1.30. The van der Waals surface area contributed by atoms with Crippen LogP contribution in [0, 0.1) is 0 Å². The summed E-state index contributed by atoms with van der Waals surface area (Å²) in [5.41, 5.74) is 12.1. The van der Waals surface area contributed by atoms with E-state index >= 15 is 0 Å². The number of rotatable bonds is 7. The molecular weight excluding hydrogens is 376 g/mol. The van der Waals surface area contributed by atoms with Crippen LogP contribution in [0.15, 0.2) is 72.8 Å². The molecule has 3 aromatic rings. The second-order valence-corrected chi connectivity index (χ2v) is 7.52. The van der Waals surface area contributed by atoms with E-state index in [0.717, 1.165) is 11.3 Å². The first-order valence-corrected chi connectivity index (χ1v) is 10.1. The maximum absolute atomic E-state index is 12.3. The van der Waals surface area contributed by atoms with E-state index in [1.807, 2.05) is 48.5 Å². The Hall–Kier alpha value is -3.31. The monoisotopic (exact) mass is 402 g/mol. The summed E-state index contributed by atoms with van der Waals surface area (Å²) in [4.78, 5) is 12.3. The van der Waals surface area contributed by atoms with Gasteiger partial charge in [-0.3, -0.25) is 0 Å². The van der Waals surface area contributed by atoms with E-state index in [1.165, 1.54) is 22.3 Å². The van der Waals surface area contributed by atoms with Crippen LogP contribution in [0.5, 0.6) is 5.75 Å². The molecule has 1 atom stereocenters. The molecule has 3 N–H and O–H groups in total. The highest BCUT2D eigenvalue weighted by Gasteiger charge is 2.28. The summed E-state index contributed by atoms with van der Waals surface area (Å²) in [6, 6.07) is 24.1. The normalized spacial score (nSPS) is 13.3. The number of methoxy groups -OCH3 is 1. The van der Waals surface area contributed by atoms with E-state index < -0.39 is 6.09 Å². The van der Waals surface area contributed by atoms with E-state index in [0.29, 0.717) is 19.6 Å². The van der Waals surface area contributed by atoms with E-state index in [2.05, 4.69) is 29.6 Å². The maximum atomic E-state index is 12.3. The maximum Gasteiger partial charge on any atom is 0.407 e. The van der Waals surface area contributed by atoms with Gasteiger partial charge in [0.2, 0.25) is 0 Å². The summed E-state index contributed by atoms with van der Waals surface area (Å²) in [5.74, 6) is 0.861. The van der Waals surface area contributed by atoms with Crippen LogP contribution < -0.4 is 15.8 Å². The summed E-state index contributed by atoms with van der Waals surface area (Å²) < 4.78 is 10.7. The molecule has 0 fully saturated rings. The van der Waals surface area contributed by atoms with Crippen LogP contribution in [-0.2, 0) is 11.2 Å². The number of nitrogens with one attached hydrogen (secondary N) is 1. The highest BCUT2D eigenvalue weighted by Crippen LogP contribution is 2.44. The highest BCUT2D eigenvalue weighted by molar-refractivity contribution is 5.79. The molecule has 1 aliphatic carbocycles. The number of ether oxygens (including phenoxy) is 2. The number of hydrogen-bond acceptors (Lipinski definition) is 4. The summed E-state index contributed by atoms with van der Waals surface area (Å²) in [6.45, 7) is 0.649. The van der Waals surface area contributed by atoms with Gasteiger partial charge in [-0.15, -0.1) is 0 Å². The Morgan fingerprint density at radius 3 is 2.17 bits per heavy atom. The molecule has 0 radical (unpaired) electrons. The molecule has 0 saturated carbocycles. The van der Waals surface area contributed by atoms with Crippen molar-refractivity contribution in [3.63, 3.8) is 0 Å². The number of nitrogens with two attached hydrogens (primary N) is 1. The average molecular weight is 402 g/mol. The number of carbonyl (C=O) groups excluding carboxylic acids is 1. The van der Waals surface area contributed by atoms with Crippen LogP contribution >= 0.6 is 0 Å². The third-order valence-corrected chi connectivity index (χ3v) is 5.51. The Bertz CT molecular complexity index is 971. The van der Waals surface area contributed by atoms with Gasteiger partial charge in [-0.05, 0) is 46.4 Å². The fourth-order valence-electron chi connectivity index (χ4n) is 4.00. The van der Waals surface area contributed by atoms with Crippen molar-refractivity contribution in [2.45, 2.75) is 18.4 Å². The van der Waals surface area contributed by atoms with Crippen molar-refractivity contribution < 1.29 is 14.3 Å². The Labute approximate surface area is 176 Å². The zero-order valence-electron chi connectivity index (χ0n) is 17.0. The smallest absolute Gasteiger partial charge is 0.407 e. The van der Waals surface area contributed by atoms with Crippen LogP contribution in [0.3, 0.4) is 0 Å². The molecule has 3 aromatic carbocycles. The molecule has 0 bridgehead atoms. The van der Waals surface area contributed by atoms with Gasteiger partial charge < -0.3 is 20.5 Å². The van der Waals surface area contributed by atoms with E-state index in [1.54, 1.807) is 7.11 Å². The molecule has 154 valence electrons. The molecule has 0 aromatic heterocycles. The predicted molar refractivity (Wildman–Crippen MR) is 118 cm³/mol. The number of carbonyl (C=O) groups is 1. The van der Waals surface area contributed by atoms with E-state index in [9.17, 15) is 4.79 Å². The van der Waals surface area contributed by atoms with Gasteiger partial charge in [-0.2, -0.15) is 0 Å². The van der Waals surface area contributed by atoms with E-state index in [-0.39, 0.29) is 12.0 Å². The molecule has 5 nitrogen and oxygen atoms in total. The lowest BCUT2D eigenvalue weighted by Gasteiger charge is -2.16. The van der Waals surface area contributed by atoms with Crippen molar-refractivity contribution in [1.82, 2.24) is 5.32 Å². The van der Waals surface area contributed by atoms with Crippen molar-refractivity contribution >= 4 is 6.09 Å². The van der Waals surface area contributed by atoms with Gasteiger partial charge in [-0.25, -0.2) is 4.79 Å². The third-order valence-electron chi connectivity index (χ3n) is 5.51. The lowest BCUT2D eigenvalue weighted by atomic mass is 9.98. The highest BCUT2D eigenvalue weighted by atomic mass is 16.5. The molecule has 0 heterocycles. The number of hydrogen-bond donors (Lipinski definition) is 2. The first-order valence-electron chi connectivity index (χ1n) is 10.1. The minimum absolute atomic E-state index is 0.0520. The molecule has 1 amide bonds. The lowest BCUT2D eigenvalue weighted by Crippen LogP contribution is -2.39. The second kappa shape index (κ2) is 9.01. The predicted octanol–water partition coefficient (Wildman–Crippen LogP) is 4.10. The van der Waals surface area contributed by atoms with Gasteiger partial charge in [0.1, 0.15) is 12.4 Å². The number of fused-ring (bicyclic) bond motifs is 3. The Morgan fingerprint density at radius 2 is 1.57 bits per heavy atom. The first kappa shape index (κ1) is 20.0. The Morgan fingerprint density at radius 1 is 0.967 bits per heavy atom. The van der Waals surface area contributed by atoms with Gasteiger partial charge in [0.25, 0.3) is 0 Å². The van der Waals surface area contributed by atoms with Gasteiger partial charge in [-0.1, -0.05) is 60.7 Å². The summed E-state index contributed by atoms with van der Waals surface area (Å²) in [7, 11) is 1.64. The summed E-state index contributed by atoms with van der Waals surface area (Å²) in [5, 5.41) is 2.79. The average Bonchev–Trinajstić information content (AvgIpc) is 3.10. The molecule has 0 saturated heterocycles. The molecular formula is C25H26N2O3. The number of alkyl carbamates (subject to hydrolysis) is 1. The van der Waals surface area contributed by atoms with Crippen molar-refractivity contribution in [2.75, 3.05) is 20.3 Å². The van der Waals surface area contributed by atoms with Gasteiger partial charge >= 0.3 is 6.09 Å². The van der Waals surface area contributed by atoms with E-state index in [4.69, 9.17) is 15.2 Å². The van der Waals surface area contributed by atoms with Crippen LogP contribution in [0.2, 0.25) is 0 Å². The number of amides is 1. The topological polar surface area (TPSA) is 73.6 Å². The van der Waals surface area contributed by atoms with Gasteiger partial charge in [0.05, 0.1) is 7.11 Å². The van der Waals surface area contributed by atoms with Crippen molar-refractivity contribution in [3.8, 4) is 16.9 Å². The van der Waals surface area contributed by atoms with Gasteiger partial charge in [0, 0.05) is 18.5 Å². The second-order valence-electron chi connectivity index (χ2n) is 7.52. The van der Waals surface area contributed by atoms with Crippen molar-refractivity contribution in [1.29, 1.82) is 0 Å². The molecule has 1 aliphatic rings. The third kappa shape index (κ3) is 4.31. The zero-order valence-corrected chi connectivity index (χ0v) is 17.0. The summed E-state index contributed by atoms with van der Waals surface area (Å²) in [6.07, 6.45) is 0.218. The van der Waals surface area contributed by atoms with Crippen LogP contribution in [0.4, 0.5) is 4.79 Å². The molecule has 4 rings (SSSR count). The van der Waals surface area contributed by atoms with Crippen molar-refractivity contribution in [3.05, 3.63) is 89.5 Å². The molecule has 0 aliphatic heterocycles. The molecule has 5 heteroatoms. The minimum Gasteiger partial charge on any atom is -0.497 e. The largest absolute Gasteiger partial charge is 0.497 e. The fraction of sp³-hybridized carbons (Fsp3) is 0.240. The minimum atomic E-state index is -0.443. The first-order chi connectivity index (χ1) is 14.7. The van der Waals surface area contributed by atoms with Crippen molar-refractivity contribution in [2.24, 2.45) is 5.73 Å². The number of benzene rings is 3. The van der Waals surface area contributed by atoms with Crippen LogP contribution in [-0.4, -0.2) is 32.4 Å². The van der Waals surface area contributed by atoms with Crippen LogP contribution in [0.25, 0.3) is 11.1 Å². The Kier molecular flexibility index (Phi) is 6.00. The molecule has 0 unspecified atom stereocenters. The molecule has 30 heavy (non-hydrogen) atoms. The zero-order chi connectivity index (χ0) is 20.9. The summed E-state index contributed by atoms with van der Waals surface area (Å²) >= 11 is 0. The SMILES string of the molecule is COc1ccc(C[C@@H](N)CNC(=O)OCC2c3ccccc3-c3ccccc32)cc1.